The quantitative estimate of drug-likeness (QED) is 0.261. The van der Waals surface area contributed by atoms with E-state index in [4.69, 9.17) is 0 Å². The average Bonchev–Trinajstić information content (AvgIpc) is 2.67. The van der Waals surface area contributed by atoms with E-state index in [2.05, 4.69) is 9.47 Å². The molecule has 0 heterocycles. The lowest BCUT2D eigenvalue weighted by Crippen LogP contribution is -2.28. The van der Waals surface area contributed by atoms with Gasteiger partial charge in [-0.3, -0.25) is 9.59 Å². The Morgan fingerprint density at radius 3 is 1.06 bits per heavy atom. The highest BCUT2D eigenvalue weighted by Crippen LogP contribution is 2.48. The average molecular weight is 458 g/mol. The van der Waals surface area contributed by atoms with E-state index >= 15 is 0 Å². The van der Waals surface area contributed by atoms with Gasteiger partial charge in [0.1, 0.15) is 0 Å². The van der Waals surface area contributed by atoms with Crippen LogP contribution in [0.5, 0.6) is 0 Å². The standard InChI is InChI=1S/C22H16F6O4/c1-11(29)31-19(21(23,24)25)17-13-7-3-5-9-15(13)18(16-10-6-4-8-14(16)17)20(22(26,27)28)32-12(2)30/h3-10,19-20H,1-2H3/t19-,20+. The lowest BCUT2D eigenvalue weighted by atomic mass is 9.87. The zero-order valence-electron chi connectivity index (χ0n) is 16.7. The zero-order chi connectivity index (χ0) is 23.8. The van der Waals surface area contributed by atoms with Gasteiger partial charge < -0.3 is 9.47 Å². The van der Waals surface area contributed by atoms with Crippen molar-refractivity contribution in [2.45, 2.75) is 38.4 Å². The van der Waals surface area contributed by atoms with Crippen LogP contribution in [0.25, 0.3) is 21.5 Å². The fourth-order valence-electron chi connectivity index (χ4n) is 3.67. The molecule has 32 heavy (non-hydrogen) atoms. The number of alkyl halides is 6. The third-order valence-electron chi connectivity index (χ3n) is 4.70. The molecule has 3 aromatic rings. The van der Waals surface area contributed by atoms with Crippen LogP contribution in [-0.4, -0.2) is 24.3 Å². The Hall–Kier alpha value is -3.30. The minimum atomic E-state index is -5.04. The summed E-state index contributed by atoms with van der Waals surface area (Å²) in [5.74, 6) is -2.42. The predicted molar refractivity (Wildman–Crippen MR) is 103 cm³/mol. The van der Waals surface area contributed by atoms with Crippen molar-refractivity contribution in [1.82, 2.24) is 0 Å². The van der Waals surface area contributed by atoms with E-state index in [9.17, 15) is 35.9 Å². The van der Waals surface area contributed by atoms with Crippen LogP contribution in [-0.2, 0) is 19.1 Å². The first kappa shape index (κ1) is 23.4. The minimum absolute atomic E-state index is 0.217. The molecule has 0 unspecified atom stereocenters. The van der Waals surface area contributed by atoms with Gasteiger partial charge in [0, 0.05) is 25.0 Å². The first-order chi connectivity index (χ1) is 14.8. The maximum Gasteiger partial charge on any atom is 0.429 e. The van der Waals surface area contributed by atoms with Crippen LogP contribution in [0.2, 0.25) is 0 Å². The van der Waals surface area contributed by atoms with Gasteiger partial charge in [-0.25, -0.2) is 0 Å². The molecule has 0 saturated heterocycles. The molecule has 0 amide bonds. The van der Waals surface area contributed by atoms with Crippen molar-refractivity contribution in [2.75, 3.05) is 0 Å². The molecule has 0 aliphatic carbocycles. The molecule has 3 rings (SSSR count). The molecule has 0 N–H and O–H groups in total. The summed E-state index contributed by atoms with van der Waals surface area (Å²) in [6.07, 6.45) is -15.5. The molecule has 3 aromatic carbocycles. The van der Waals surface area contributed by atoms with Crippen LogP contribution in [0.1, 0.15) is 37.2 Å². The fraction of sp³-hybridized carbons (Fsp3) is 0.273. The van der Waals surface area contributed by atoms with E-state index in [1.807, 2.05) is 0 Å². The van der Waals surface area contributed by atoms with Crippen LogP contribution in [0.4, 0.5) is 26.3 Å². The van der Waals surface area contributed by atoms with E-state index in [1.54, 1.807) is 0 Å². The topological polar surface area (TPSA) is 52.6 Å². The normalized spacial score (nSPS) is 14.2. The van der Waals surface area contributed by atoms with Crippen molar-refractivity contribution in [3.8, 4) is 0 Å². The smallest absolute Gasteiger partial charge is 0.429 e. The molecule has 0 aromatic heterocycles. The van der Waals surface area contributed by atoms with E-state index in [-0.39, 0.29) is 21.5 Å². The Labute approximate surface area is 177 Å². The summed E-state index contributed by atoms with van der Waals surface area (Å²) in [5.41, 5.74) is -1.02. The maximum absolute atomic E-state index is 13.9. The Kier molecular flexibility index (Phi) is 6.08. The van der Waals surface area contributed by atoms with E-state index in [0.717, 1.165) is 13.8 Å². The van der Waals surface area contributed by atoms with Gasteiger partial charge in [0.2, 0.25) is 12.2 Å². The molecule has 10 heteroatoms. The third kappa shape index (κ3) is 4.49. The summed E-state index contributed by atoms with van der Waals surface area (Å²) in [4.78, 5) is 22.9. The first-order valence-electron chi connectivity index (χ1n) is 9.23. The highest BCUT2D eigenvalue weighted by Gasteiger charge is 2.48. The second-order valence-corrected chi connectivity index (χ2v) is 6.98. The number of carbonyl (C=O) groups is 2. The Morgan fingerprint density at radius 2 is 0.875 bits per heavy atom. The lowest BCUT2D eigenvalue weighted by Gasteiger charge is -2.28. The molecular weight excluding hydrogens is 442 g/mol. The SMILES string of the molecule is CC(=O)O[C@H](c1c2ccccc2c([C@H](OC(C)=O)C(F)(F)F)c2ccccc12)C(F)(F)F. The van der Waals surface area contributed by atoms with Crippen LogP contribution in [0.3, 0.4) is 0 Å². The molecule has 0 spiro atoms. The molecule has 170 valence electrons. The summed E-state index contributed by atoms with van der Waals surface area (Å²) < 4.78 is 92.6. The highest BCUT2D eigenvalue weighted by atomic mass is 19.4. The molecule has 0 aliphatic rings. The minimum Gasteiger partial charge on any atom is -0.448 e. The van der Waals surface area contributed by atoms with Gasteiger partial charge in [-0.1, -0.05) is 48.5 Å². The zero-order valence-corrected chi connectivity index (χ0v) is 16.7. The van der Waals surface area contributed by atoms with Gasteiger partial charge in [-0.15, -0.1) is 0 Å². The number of ether oxygens (including phenoxy) is 2. The summed E-state index contributed by atoms with van der Waals surface area (Å²) in [7, 11) is 0. The van der Waals surface area contributed by atoms with Crippen LogP contribution in [0, 0.1) is 0 Å². The summed E-state index contributed by atoms with van der Waals surface area (Å²) in [5, 5.41) is -0.866. The monoisotopic (exact) mass is 458 g/mol. The lowest BCUT2D eigenvalue weighted by molar-refractivity contribution is -0.222. The van der Waals surface area contributed by atoms with Crippen LogP contribution >= 0.6 is 0 Å². The molecule has 0 fully saturated rings. The van der Waals surface area contributed by atoms with Crippen LogP contribution < -0.4 is 0 Å². The number of rotatable bonds is 4. The van der Waals surface area contributed by atoms with Gasteiger partial charge in [0.05, 0.1) is 0 Å². The number of esters is 2. The molecule has 4 nitrogen and oxygen atoms in total. The molecule has 0 radical (unpaired) electrons. The number of benzene rings is 3. The van der Waals surface area contributed by atoms with Crippen molar-refractivity contribution in [1.29, 1.82) is 0 Å². The number of fused-ring (bicyclic) bond motifs is 2. The van der Waals surface area contributed by atoms with Crippen molar-refractivity contribution >= 4 is 33.5 Å². The van der Waals surface area contributed by atoms with Gasteiger partial charge in [0.25, 0.3) is 0 Å². The summed E-state index contributed by atoms with van der Waals surface area (Å²) in [6, 6.07) is 10.2. The van der Waals surface area contributed by atoms with Crippen molar-refractivity contribution in [3.63, 3.8) is 0 Å². The second-order valence-electron chi connectivity index (χ2n) is 6.98. The molecule has 0 aliphatic heterocycles. The highest BCUT2D eigenvalue weighted by molar-refractivity contribution is 6.06. The number of carbonyl (C=O) groups excluding carboxylic acids is 2. The van der Waals surface area contributed by atoms with Gasteiger partial charge in [-0.05, 0) is 21.5 Å². The van der Waals surface area contributed by atoms with Crippen LogP contribution in [0.15, 0.2) is 48.5 Å². The molecule has 2 atom stereocenters. The van der Waals surface area contributed by atoms with Crippen molar-refractivity contribution in [2.24, 2.45) is 0 Å². The number of hydrogen-bond donors (Lipinski definition) is 0. The van der Waals surface area contributed by atoms with Gasteiger partial charge >= 0.3 is 24.3 Å². The molecule has 0 saturated carbocycles. The molecular formula is C22H16F6O4. The van der Waals surface area contributed by atoms with Gasteiger partial charge in [0.15, 0.2) is 0 Å². The van der Waals surface area contributed by atoms with Gasteiger partial charge in [-0.2, -0.15) is 26.3 Å². The van der Waals surface area contributed by atoms with E-state index < -0.39 is 47.6 Å². The molecule has 0 bridgehead atoms. The van der Waals surface area contributed by atoms with Crippen molar-refractivity contribution in [3.05, 3.63) is 59.7 Å². The predicted octanol–water partition coefficient (Wildman–Crippen LogP) is 6.33. The maximum atomic E-state index is 13.9. The van der Waals surface area contributed by atoms with Crippen molar-refractivity contribution < 1.29 is 45.4 Å². The Morgan fingerprint density at radius 1 is 0.625 bits per heavy atom. The summed E-state index contributed by atoms with van der Waals surface area (Å²) in [6.45, 7) is 1.61. The second kappa shape index (κ2) is 8.33. The Balaban J connectivity index is 2.52. The Bertz CT molecular complexity index is 1030. The largest absolute Gasteiger partial charge is 0.448 e. The summed E-state index contributed by atoms with van der Waals surface area (Å²) >= 11 is 0. The van der Waals surface area contributed by atoms with E-state index in [1.165, 1.54) is 48.5 Å². The number of hydrogen-bond acceptors (Lipinski definition) is 4. The number of halogens is 6. The fourth-order valence-corrected chi connectivity index (χ4v) is 3.67. The first-order valence-corrected chi connectivity index (χ1v) is 9.23. The third-order valence-corrected chi connectivity index (χ3v) is 4.70. The van der Waals surface area contributed by atoms with E-state index in [0.29, 0.717) is 0 Å².